The fourth-order valence-corrected chi connectivity index (χ4v) is 2.88. The molecule has 0 unspecified atom stereocenters. The van der Waals surface area contributed by atoms with Crippen molar-refractivity contribution in [1.29, 1.82) is 0 Å². The summed E-state index contributed by atoms with van der Waals surface area (Å²) in [5.74, 6) is 0. The van der Waals surface area contributed by atoms with Crippen molar-refractivity contribution in [3.8, 4) is 0 Å². The zero-order valence-electron chi connectivity index (χ0n) is 13.3. The maximum absolute atomic E-state index is 11.2. The van der Waals surface area contributed by atoms with Crippen LogP contribution < -0.4 is 5.43 Å². The van der Waals surface area contributed by atoms with Crippen LogP contribution in [0.2, 0.25) is 0 Å². The Balaban J connectivity index is 1.84. The van der Waals surface area contributed by atoms with Crippen LogP contribution in [-0.4, -0.2) is 15.6 Å². The van der Waals surface area contributed by atoms with Crippen molar-refractivity contribution in [3.05, 3.63) is 73.8 Å². The standard InChI is InChI=1S/C17H16N4O4/c22-20(23)15-8-9-16(17(11-15)21(24)25)19-18-14-7-3-6-12-4-1-2-5-13(12)10-14/h1-2,4-5,8-9,11,19H,3,6-7,10H2/b18-14-. The number of hydrogen-bond donors (Lipinski definition) is 1. The van der Waals surface area contributed by atoms with Crippen LogP contribution in [0.3, 0.4) is 0 Å². The highest BCUT2D eigenvalue weighted by Crippen LogP contribution is 2.29. The number of benzene rings is 2. The number of hydrazone groups is 1. The Kier molecular flexibility index (Phi) is 4.69. The predicted octanol–water partition coefficient (Wildman–Crippen LogP) is 3.85. The summed E-state index contributed by atoms with van der Waals surface area (Å²) in [6, 6.07) is 11.6. The Labute approximate surface area is 143 Å². The van der Waals surface area contributed by atoms with E-state index in [-0.39, 0.29) is 17.1 Å². The molecule has 1 aliphatic rings. The topological polar surface area (TPSA) is 111 Å². The Morgan fingerprint density at radius 3 is 2.44 bits per heavy atom. The summed E-state index contributed by atoms with van der Waals surface area (Å²) in [6.07, 6.45) is 3.42. The van der Waals surface area contributed by atoms with Gasteiger partial charge in [-0.05, 0) is 36.5 Å². The van der Waals surface area contributed by atoms with Gasteiger partial charge in [-0.1, -0.05) is 24.3 Å². The van der Waals surface area contributed by atoms with Crippen LogP contribution in [0.1, 0.15) is 24.0 Å². The summed E-state index contributed by atoms with van der Waals surface area (Å²) in [4.78, 5) is 20.6. The number of nitro benzene ring substituents is 2. The van der Waals surface area contributed by atoms with Crippen LogP contribution in [0.5, 0.6) is 0 Å². The molecule has 25 heavy (non-hydrogen) atoms. The largest absolute Gasteiger partial charge is 0.301 e. The molecule has 0 amide bonds. The van der Waals surface area contributed by atoms with E-state index in [1.807, 2.05) is 12.1 Å². The third-order valence-corrected chi connectivity index (χ3v) is 4.15. The summed E-state index contributed by atoms with van der Waals surface area (Å²) < 4.78 is 0. The Morgan fingerprint density at radius 2 is 1.72 bits per heavy atom. The fourth-order valence-electron chi connectivity index (χ4n) is 2.88. The van der Waals surface area contributed by atoms with Crippen molar-refractivity contribution in [3.63, 3.8) is 0 Å². The van der Waals surface area contributed by atoms with Crippen molar-refractivity contribution in [2.45, 2.75) is 25.7 Å². The van der Waals surface area contributed by atoms with Gasteiger partial charge in [0.25, 0.3) is 5.69 Å². The van der Waals surface area contributed by atoms with Gasteiger partial charge in [-0.15, -0.1) is 0 Å². The molecule has 0 fully saturated rings. The molecule has 1 aliphatic carbocycles. The molecule has 0 heterocycles. The van der Waals surface area contributed by atoms with Gasteiger partial charge in [0, 0.05) is 18.2 Å². The first-order chi connectivity index (χ1) is 12.0. The molecule has 128 valence electrons. The quantitative estimate of drug-likeness (QED) is 0.516. The lowest BCUT2D eigenvalue weighted by molar-refractivity contribution is -0.393. The van der Waals surface area contributed by atoms with Crippen molar-refractivity contribution >= 4 is 22.8 Å². The number of aryl methyl sites for hydroxylation is 1. The second-order valence-electron chi connectivity index (χ2n) is 5.80. The van der Waals surface area contributed by atoms with E-state index in [1.165, 1.54) is 23.3 Å². The first-order valence-electron chi connectivity index (χ1n) is 7.85. The third-order valence-electron chi connectivity index (χ3n) is 4.15. The first kappa shape index (κ1) is 16.6. The van der Waals surface area contributed by atoms with Crippen LogP contribution >= 0.6 is 0 Å². The predicted molar refractivity (Wildman–Crippen MR) is 93.9 cm³/mol. The number of hydrogen-bond acceptors (Lipinski definition) is 6. The highest BCUT2D eigenvalue weighted by Gasteiger charge is 2.19. The van der Waals surface area contributed by atoms with E-state index in [0.717, 1.165) is 31.0 Å². The molecule has 0 aromatic heterocycles. The van der Waals surface area contributed by atoms with Crippen LogP contribution in [0.25, 0.3) is 0 Å². The smallest absolute Gasteiger partial charge is 0.272 e. The van der Waals surface area contributed by atoms with E-state index < -0.39 is 9.85 Å². The Hall–Kier alpha value is -3.29. The van der Waals surface area contributed by atoms with Crippen molar-refractivity contribution in [2.75, 3.05) is 5.43 Å². The average molecular weight is 340 g/mol. The first-order valence-corrected chi connectivity index (χ1v) is 7.85. The summed E-state index contributed by atoms with van der Waals surface area (Å²) in [6.45, 7) is 0. The van der Waals surface area contributed by atoms with Gasteiger partial charge >= 0.3 is 5.69 Å². The summed E-state index contributed by atoms with van der Waals surface area (Å²) in [7, 11) is 0. The highest BCUT2D eigenvalue weighted by atomic mass is 16.6. The molecule has 0 saturated heterocycles. The lowest BCUT2D eigenvalue weighted by Gasteiger charge is -2.06. The van der Waals surface area contributed by atoms with Crippen molar-refractivity contribution in [1.82, 2.24) is 0 Å². The van der Waals surface area contributed by atoms with E-state index >= 15 is 0 Å². The molecule has 8 heteroatoms. The number of nitrogens with zero attached hydrogens (tertiary/aromatic N) is 3. The van der Waals surface area contributed by atoms with Gasteiger partial charge in [-0.25, -0.2) is 0 Å². The molecule has 1 N–H and O–H groups in total. The Morgan fingerprint density at radius 1 is 0.960 bits per heavy atom. The van der Waals surface area contributed by atoms with E-state index in [9.17, 15) is 20.2 Å². The third kappa shape index (κ3) is 3.79. The number of nitro groups is 2. The molecule has 0 aliphatic heterocycles. The zero-order valence-corrected chi connectivity index (χ0v) is 13.3. The minimum absolute atomic E-state index is 0.139. The van der Waals surface area contributed by atoms with Crippen molar-refractivity contribution < 1.29 is 9.85 Å². The van der Waals surface area contributed by atoms with E-state index in [1.54, 1.807) is 0 Å². The lowest BCUT2D eigenvalue weighted by Crippen LogP contribution is -2.06. The van der Waals surface area contributed by atoms with Gasteiger partial charge in [0.2, 0.25) is 0 Å². The highest BCUT2D eigenvalue weighted by molar-refractivity contribution is 5.88. The van der Waals surface area contributed by atoms with Gasteiger partial charge < -0.3 is 0 Å². The van der Waals surface area contributed by atoms with Crippen LogP contribution in [0.4, 0.5) is 17.1 Å². The molecule has 2 aromatic rings. The monoisotopic (exact) mass is 340 g/mol. The number of anilines is 1. The SMILES string of the molecule is O=[N+]([O-])c1ccc(N/N=C2/CCCc3ccccc3C2)c([N+](=O)[O-])c1. The van der Waals surface area contributed by atoms with Gasteiger partial charge in [0.05, 0.1) is 15.9 Å². The molecule has 0 bridgehead atoms. The maximum Gasteiger partial charge on any atom is 0.301 e. The summed E-state index contributed by atoms with van der Waals surface area (Å²) in [5, 5.41) is 26.3. The molecule has 0 radical (unpaired) electrons. The molecule has 0 atom stereocenters. The molecule has 3 rings (SSSR count). The minimum Gasteiger partial charge on any atom is -0.272 e. The molecule has 0 spiro atoms. The fraction of sp³-hybridized carbons (Fsp3) is 0.235. The van der Waals surface area contributed by atoms with Gasteiger partial charge in [0.15, 0.2) is 0 Å². The van der Waals surface area contributed by atoms with Gasteiger partial charge in [-0.3, -0.25) is 25.7 Å². The molecular formula is C17H16N4O4. The van der Waals surface area contributed by atoms with Crippen molar-refractivity contribution in [2.24, 2.45) is 5.10 Å². The molecule has 0 saturated carbocycles. The van der Waals surface area contributed by atoms with E-state index in [2.05, 4.69) is 22.7 Å². The number of fused-ring (bicyclic) bond motifs is 1. The second-order valence-corrected chi connectivity index (χ2v) is 5.80. The lowest BCUT2D eigenvalue weighted by atomic mass is 10.0. The molecule has 8 nitrogen and oxygen atoms in total. The van der Waals surface area contributed by atoms with E-state index in [4.69, 9.17) is 0 Å². The van der Waals surface area contributed by atoms with Crippen LogP contribution in [-0.2, 0) is 12.8 Å². The van der Waals surface area contributed by atoms with Gasteiger partial charge in [0.1, 0.15) is 5.69 Å². The Bertz CT molecular complexity index is 863. The number of non-ortho nitro benzene ring substituents is 1. The summed E-state index contributed by atoms with van der Waals surface area (Å²) in [5.41, 5.74) is 5.57. The molecule has 2 aromatic carbocycles. The number of rotatable bonds is 4. The normalized spacial score (nSPS) is 15.3. The zero-order chi connectivity index (χ0) is 17.8. The molecular weight excluding hydrogens is 324 g/mol. The van der Waals surface area contributed by atoms with Gasteiger partial charge in [-0.2, -0.15) is 5.10 Å². The van der Waals surface area contributed by atoms with E-state index in [0.29, 0.717) is 6.42 Å². The minimum atomic E-state index is -0.662. The van der Waals surface area contributed by atoms with Crippen LogP contribution in [0, 0.1) is 20.2 Å². The van der Waals surface area contributed by atoms with Crippen LogP contribution in [0.15, 0.2) is 47.6 Å². The maximum atomic E-state index is 11.2. The number of nitrogens with one attached hydrogen (secondary N) is 1. The second kappa shape index (κ2) is 7.08. The summed E-state index contributed by atoms with van der Waals surface area (Å²) >= 11 is 0. The average Bonchev–Trinajstić information content (AvgIpc) is 2.81.